The Morgan fingerprint density at radius 2 is 1.89 bits per heavy atom. The van der Waals surface area contributed by atoms with Crippen LogP contribution in [-0.4, -0.2) is 25.8 Å². The lowest BCUT2D eigenvalue weighted by atomic mass is 9.76. The first-order chi connectivity index (χ1) is 8.43. The van der Waals surface area contributed by atoms with Crippen molar-refractivity contribution in [1.82, 2.24) is 0 Å². The van der Waals surface area contributed by atoms with E-state index in [1.165, 1.54) is 0 Å². The van der Waals surface area contributed by atoms with Crippen LogP contribution in [0.15, 0.2) is 22.7 Å². The number of amides is 1. The van der Waals surface area contributed by atoms with E-state index in [9.17, 15) is 13.2 Å². The van der Waals surface area contributed by atoms with E-state index in [-0.39, 0.29) is 17.4 Å². The summed E-state index contributed by atoms with van der Waals surface area (Å²) in [6.07, 6.45) is 0.769. The van der Waals surface area contributed by atoms with Crippen molar-refractivity contribution < 1.29 is 13.2 Å². The third-order valence-electron chi connectivity index (χ3n) is 3.86. The molecule has 0 saturated carbocycles. The van der Waals surface area contributed by atoms with Crippen molar-refractivity contribution in [2.75, 3.05) is 16.8 Å². The molecule has 0 atom stereocenters. The molecule has 1 spiro atoms. The van der Waals surface area contributed by atoms with Gasteiger partial charge in [0.05, 0.1) is 16.9 Å². The molecule has 0 unspecified atom stereocenters. The quantitative estimate of drug-likeness (QED) is 0.790. The Morgan fingerprint density at radius 3 is 2.56 bits per heavy atom. The average molecular weight is 330 g/mol. The zero-order chi connectivity index (χ0) is 13.0. The van der Waals surface area contributed by atoms with Gasteiger partial charge < -0.3 is 5.32 Å². The van der Waals surface area contributed by atoms with Crippen LogP contribution in [-0.2, 0) is 20.0 Å². The molecule has 1 aromatic rings. The molecule has 96 valence electrons. The van der Waals surface area contributed by atoms with Crippen molar-refractivity contribution in [3.8, 4) is 0 Å². The predicted octanol–water partition coefficient (Wildman–Crippen LogP) is 1.85. The Labute approximate surface area is 114 Å². The number of halogens is 1. The van der Waals surface area contributed by atoms with Gasteiger partial charge in [-0.1, -0.05) is 22.0 Å². The van der Waals surface area contributed by atoms with Crippen molar-refractivity contribution in [2.45, 2.75) is 18.3 Å². The maximum Gasteiger partial charge on any atom is 0.235 e. The van der Waals surface area contributed by atoms with Crippen molar-refractivity contribution in [3.05, 3.63) is 28.2 Å². The van der Waals surface area contributed by atoms with Gasteiger partial charge in [-0.25, -0.2) is 8.42 Å². The third-order valence-corrected chi connectivity index (χ3v) is 6.01. The molecule has 0 bridgehead atoms. The molecule has 18 heavy (non-hydrogen) atoms. The van der Waals surface area contributed by atoms with Crippen molar-refractivity contribution >= 4 is 37.4 Å². The molecule has 1 saturated heterocycles. The largest absolute Gasteiger partial charge is 0.325 e. The molecule has 1 fully saturated rings. The zero-order valence-corrected chi connectivity index (χ0v) is 12.0. The van der Waals surface area contributed by atoms with Crippen LogP contribution in [0, 0.1) is 0 Å². The summed E-state index contributed by atoms with van der Waals surface area (Å²) in [5.41, 5.74) is 1.10. The Hall–Kier alpha value is -0.880. The SMILES string of the molecule is O=C1Nc2cc(Br)ccc2C12CCS(=O)(=O)CC2. The average Bonchev–Trinajstić information content (AvgIpc) is 2.55. The normalized spacial score (nSPS) is 23.7. The smallest absolute Gasteiger partial charge is 0.235 e. The van der Waals surface area contributed by atoms with Gasteiger partial charge in [-0.2, -0.15) is 0 Å². The molecule has 3 rings (SSSR count). The highest BCUT2D eigenvalue weighted by molar-refractivity contribution is 9.10. The molecule has 1 N–H and O–H groups in total. The molecular weight excluding hydrogens is 318 g/mol. The van der Waals surface area contributed by atoms with Gasteiger partial charge in [0.15, 0.2) is 0 Å². The first-order valence-corrected chi connectivity index (χ1v) is 8.36. The van der Waals surface area contributed by atoms with Gasteiger partial charge >= 0.3 is 0 Å². The second-order valence-corrected chi connectivity index (χ2v) is 8.10. The monoisotopic (exact) mass is 329 g/mol. The Morgan fingerprint density at radius 1 is 1.22 bits per heavy atom. The van der Waals surface area contributed by atoms with E-state index in [4.69, 9.17) is 0 Å². The second kappa shape index (κ2) is 3.81. The van der Waals surface area contributed by atoms with Gasteiger partial charge in [-0.15, -0.1) is 0 Å². The van der Waals surface area contributed by atoms with Crippen molar-refractivity contribution in [2.24, 2.45) is 0 Å². The summed E-state index contributed by atoms with van der Waals surface area (Å²) in [6, 6.07) is 5.67. The van der Waals surface area contributed by atoms with E-state index in [1.54, 1.807) is 0 Å². The fourth-order valence-electron chi connectivity index (χ4n) is 2.78. The summed E-state index contributed by atoms with van der Waals surface area (Å²) in [5, 5.41) is 2.86. The fraction of sp³-hybridized carbons (Fsp3) is 0.417. The molecule has 1 aromatic carbocycles. The van der Waals surface area contributed by atoms with E-state index < -0.39 is 15.3 Å². The predicted molar refractivity (Wildman–Crippen MR) is 72.3 cm³/mol. The van der Waals surface area contributed by atoms with Crippen LogP contribution in [0.5, 0.6) is 0 Å². The Balaban J connectivity index is 2.07. The highest BCUT2D eigenvalue weighted by Gasteiger charge is 2.49. The van der Waals surface area contributed by atoms with Crippen LogP contribution in [0.2, 0.25) is 0 Å². The first kappa shape index (κ1) is 12.2. The maximum absolute atomic E-state index is 12.2. The summed E-state index contributed by atoms with van der Waals surface area (Å²) in [6.45, 7) is 0. The maximum atomic E-state index is 12.2. The van der Waals surface area contributed by atoms with Gasteiger partial charge in [-0.05, 0) is 30.5 Å². The number of benzene rings is 1. The molecule has 1 amide bonds. The minimum absolute atomic E-state index is 0.0644. The molecule has 6 heteroatoms. The number of sulfone groups is 1. The number of nitrogens with one attached hydrogen (secondary N) is 1. The lowest BCUT2D eigenvalue weighted by Gasteiger charge is -2.31. The lowest BCUT2D eigenvalue weighted by Crippen LogP contribution is -2.42. The number of hydrogen-bond donors (Lipinski definition) is 1. The van der Waals surface area contributed by atoms with E-state index >= 15 is 0 Å². The summed E-state index contributed by atoms with van der Waals surface area (Å²) in [4.78, 5) is 12.2. The number of carbonyl (C=O) groups is 1. The summed E-state index contributed by atoms with van der Waals surface area (Å²) in [5.74, 6) is 0.122. The zero-order valence-electron chi connectivity index (χ0n) is 9.57. The van der Waals surface area contributed by atoms with Crippen LogP contribution in [0.1, 0.15) is 18.4 Å². The van der Waals surface area contributed by atoms with Crippen LogP contribution in [0.4, 0.5) is 5.69 Å². The van der Waals surface area contributed by atoms with Crippen LogP contribution in [0.3, 0.4) is 0 Å². The molecule has 2 heterocycles. The van der Waals surface area contributed by atoms with Crippen molar-refractivity contribution in [3.63, 3.8) is 0 Å². The Kier molecular flexibility index (Phi) is 2.57. The van der Waals surface area contributed by atoms with Gasteiger partial charge in [0.1, 0.15) is 9.84 Å². The van der Waals surface area contributed by atoms with Gasteiger partial charge in [-0.3, -0.25) is 4.79 Å². The minimum Gasteiger partial charge on any atom is -0.325 e. The summed E-state index contributed by atoms with van der Waals surface area (Å²) in [7, 11) is -2.97. The fourth-order valence-corrected chi connectivity index (χ4v) is 4.67. The van der Waals surface area contributed by atoms with Gasteiger partial charge in [0.2, 0.25) is 5.91 Å². The van der Waals surface area contributed by atoms with Crippen molar-refractivity contribution in [1.29, 1.82) is 0 Å². The van der Waals surface area contributed by atoms with Crippen LogP contribution < -0.4 is 5.32 Å². The summed E-state index contributed by atoms with van der Waals surface area (Å²) < 4.78 is 24.0. The van der Waals surface area contributed by atoms with Crippen LogP contribution in [0.25, 0.3) is 0 Å². The summed E-state index contributed by atoms with van der Waals surface area (Å²) >= 11 is 3.37. The highest BCUT2D eigenvalue weighted by Crippen LogP contribution is 2.46. The molecule has 0 aromatic heterocycles. The van der Waals surface area contributed by atoms with Crippen LogP contribution >= 0.6 is 15.9 Å². The number of rotatable bonds is 0. The number of anilines is 1. The molecule has 2 aliphatic heterocycles. The lowest BCUT2D eigenvalue weighted by molar-refractivity contribution is -0.121. The highest BCUT2D eigenvalue weighted by atomic mass is 79.9. The van der Waals surface area contributed by atoms with E-state index in [2.05, 4.69) is 21.2 Å². The van der Waals surface area contributed by atoms with Gasteiger partial charge in [0, 0.05) is 10.2 Å². The van der Waals surface area contributed by atoms with E-state index in [0.29, 0.717) is 12.8 Å². The van der Waals surface area contributed by atoms with Gasteiger partial charge in [0.25, 0.3) is 0 Å². The topological polar surface area (TPSA) is 63.2 Å². The molecule has 4 nitrogen and oxygen atoms in total. The van der Waals surface area contributed by atoms with E-state index in [0.717, 1.165) is 15.7 Å². The standard InChI is InChI=1S/C12H12BrNO3S/c13-8-1-2-9-10(7-8)14-11(15)12(9)3-5-18(16,17)6-4-12/h1-2,7H,3-6H2,(H,14,15). The molecule has 0 radical (unpaired) electrons. The molecular formula is C12H12BrNO3S. The molecule has 2 aliphatic rings. The number of fused-ring (bicyclic) bond motifs is 2. The first-order valence-electron chi connectivity index (χ1n) is 5.75. The third kappa shape index (κ3) is 1.70. The second-order valence-electron chi connectivity index (χ2n) is 4.88. The number of carbonyl (C=O) groups excluding carboxylic acids is 1. The Bertz CT molecular complexity index is 625. The minimum atomic E-state index is -2.97. The van der Waals surface area contributed by atoms with E-state index in [1.807, 2.05) is 18.2 Å². The molecule has 0 aliphatic carbocycles. The number of hydrogen-bond acceptors (Lipinski definition) is 3.